The molecule has 3 aromatic rings. The number of hydrogen-bond donors (Lipinski definition) is 0. The summed E-state index contributed by atoms with van der Waals surface area (Å²) in [7, 11) is 0. The van der Waals surface area contributed by atoms with Crippen LogP contribution in [0, 0.1) is 0 Å². The number of para-hydroxylation sites is 1. The Kier molecular flexibility index (Phi) is 4.34. The normalized spacial score (nSPS) is 15.4. The van der Waals surface area contributed by atoms with Gasteiger partial charge in [0.05, 0.1) is 16.8 Å². The minimum atomic E-state index is -4.42. The highest BCUT2D eigenvalue weighted by molar-refractivity contribution is 6.35. The van der Waals surface area contributed by atoms with Crippen LogP contribution in [0.2, 0.25) is 0 Å². The molecule has 0 unspecified atom stereocenters. The smallest absolute Gasteiger partial charge is 0.416 e. The van der Waals surface area contributed by atoms with E-state index in [0.29, 0.717) is 29.2 Å². The number of fused-ring (bicyclic) bond motifs is 1. The minimum Gasteiger partial charge on any atom is -0.457 e. The van der Waals surface area contributed by atoms with E-state index >= 15 is 0 Å². The average molecular weight is 383 g/mol. The van der Waals surface area contributed by atoms with E-state index in [-0.39, 0.29) is 5.91 Å². The summed E-state index contributed by atoms with van der Waals surface area (Å²) in [5, 5.41) is 0. The summed E-state index contributed by atoms with van der Waals surface area (Å²) in [5.74, 6) is 0.591. The van der Waals surface area contributed by atoms with Gasteiger partial charge in [0.15, 0.2) is 0 Å². The molecule has 0 radical (unpaired) electrons. The van der Waals surface area contributed by atoms with Crippen LogP contribution in [0.5, 0.6) is 0 Å². The molecule has 28 heavy (non-hydrogen) atoms. The maximum atomic E-state index is 12.9. The lowest BCUT2D eigenvalue weighted by molar-refractivity contribution is -0.137. The van der Waals surface area contributed by atoms with Crippen molar-refractivity contribution < 1.29 is 22.4 Å². The predicted molar refractivity (Wildman–Crippen MR) is 101 cm³/mol. The number of amides is 1. The van der Waals surface area contributed by atoms with Gasteiger partial charge in [0.1, 0.15) is 11.5 Å². The summed E-state index contributed by atoms with van der Waals surface area (Å²) >= 11 is 0. The van der Waals surface area contributed by atoms with Gasteiger partial charge in [-0.2, -0.15) is 13.2 Å². The van der Waals surface area contributed by atoms with Crippen LogP contribution in [0.1, 0.15) is 23.8 Å². The van der Waals surface area contributed by atoms with Crippen molar-refractivity contribution in [3.05, 3.63) is 77.6 Å². The Morgan fingerprint density at radius 2 is 1.82 bits per heavy atom. The van der Waals surface area contributed by atoms with Gasteiger partial charge in [-0.25, -0.2) is 0 Å². The third-order valence-electron chi connectivity index (χ3n) is 4.66. The fraction of sp³-hybridized carbons (Fsp3) is 0.136. The lowest BCUT2D eigenvalue weighted by Crippen LogP contribution is -2.25. The van der Waals surface area contributed by atoms with Gasteiger partial charge in [-0.3, -0.25) is 4.79 Å². The molecule has 1 amide bonds. The van der Waals surface area contributed by atoms with E-state index in [9.17, 15) is 18.0 Å². The zero-order valence-electron chi connectivity index (χ0n) is 15.0. The summed E-state index contributed by atoms with van der Waals surface area (Å²) in [6.07, 6.45) is -2.79. The molecule has 142 valence electrons. The zero-order chi connectivity index (χ0) is 19.9. The molecular weight excluding hydrogens is 367 g/mol. The molecule has 2 aromatic carbocycles. The van der Waals surface area contributed by atoms with Gasteiger partial charge in [0.2, 0.25) is 0 Å². The summed E-state index contributed by atoms with van der Waals surface area (Å²) < 4.78 is 44.5. The quantitative estimate of drug-likeness (QED) is 0.530. The fourth-order valence-corrected chi connectivity index (χ4v) is 3.34. The van der Waals surface area contributed by atoms with Gasteiger partial charge in [-0.1, -0.05) is 30.3 Å². The Morgan fingerprint density at radius 3 is 2.57 bits per heavy atom. The van der Waals surface area contributed by atoms with Gasteiger partial charge in [-0.15, -0.1) is 0 Å². The van der Waals surface area contributed by atoms with Crippen LogP contribution < -0.4 is 4.90 Å². The standard InChI is InChI=1S/C22H16F3NO2/c1-2-26-19-9-4-3-8-17(19)18(21(26)27)13-16-10-11-20(28-16)14-6-5-7-15(12-14)22(23,24)25/h3-13H,2H2,1H3/b18-13-. The first kappa shape index (κ1) is 18.1. The van der Waals surface area contributed by atoms with Crippen molar-refractivity contribution in [2.24, 2.45) is 0 Å². The zero-order valence-corrected chi connectivity index (χ0v) is 15.0. The molecule has 0 saturated heterocycles. The van der Waals surface area contributed by atoms with Crippen molar-refractivity contribution >= 4 is 23.2 Å². The van der Waals surface area contributed by atoms with Gasteiger partial charge in [0, 0.05) is 17.7 Å². The Bertz CT molecular complexity index is 1080. The second-order valence-corrected chi connectivity index (χ2v) is 6.41. The van der Waals surface area contributed by atoms with E-state index in [1.807, 2.05) is 31.2 Å². The number of halogens is 3. The first-order valence-electron chi connectivity index (χ1n) is 8.79. The lowest BCUT2D eigenvalue weighted by atomic mass is 10.1. The van der Waals surface area contributed by atoms with E-state index < -0.39 is 11.7 Å². The molecule has 0 fully saturated rings. The van der Waals surface area contributed by atoms with Crippen LogP contribution in [-0.2, 0) is 11.0 Å². The van der Waals surface area contributed by atoms with Gasteiger partial charge < -0.3 is 9.32 Å². The molecule has 1 aliphatic heterocycles. The molecule has 1 aromatic heterocycles. The van der Waals surface area contributed by atoms with Gasteiger partial charge >= 0.3 is 6.18 Å². The Morgan fingerprint density at radius 1 is 1.04 bits per heavy atom. The van der Waals surface area contributed by atoms with Crippen molar-refractivity contribution in [2.75, 3.05) is 11.4 Å². The second kappa shape index (κ2) is 6.71. The molecule has 2 heterocycles. The van der Waals surface area contributed by atoms with E-state index in [0.717, 1.165) is 23.4 Å². The highest BCUT2D eigenvalue weighted by Crippen LogP contribution is 2.38. The maximum Gasteiger partial charge on any atom is 0.416 e. The number of alkyl halides is 3. The molecule has 6 heteroatoms. The first-order chi connectivity index (χ1) is 13.4. The monoisotopic (exact) mass is 383 g/mol. The van der Waals surface area contributed by atoms with Crippen molar-refractivity contribution in [3.8, 4) is 11.3 Å². The molecule has 0 bridgehead atoms. The molecule has 0 N–H and O–H groups in total. The number of nitrogens with zero attached hydrogens (tertiary/aromatic N) is 1. The van der Waals surface area contributed by atoms with E-state index in [1.54, 1.807) is 29.2 Å². The van der Waals surface area contributed by atoms with Gasteiger partial charge in [0.25, 0.3) is 5.91 Å². The third-order valence-corrected chi connectivity index (χ3v) is 4.66. The van der Waals surface area contributed by atoms with Crippen LogP contribution in [-0.4, -0.2) is 12.5 Å². The number of anilines is 1. The first-order valence-corrected chi connectivity index (χ1v) is 8.79. The molecular formula is C22H16F3NO2. The molecule has 1 aliphatic rings. The second-order valence-electron chi connectivity index (χ2n) is 6.41. The predicted octanol–water partition coefficient (Wildman–Crippen LogP) is 5.87. The third kappa shape index (κ3) is 3.11. The van der Waals surface area contributed by atoms with Crippen LogP contribution in [0.15, 0.2) is 65.1 Å². The van der Waals surface area contributed by atoms with Crippen LogP contribution in [0.4, 0.5) is 18.9 Å². The minimum absolute atomic E-state index is 0.124. The summed E-state index contributed by atoms with van der Waals surface area (Å²) in [6, 6.07) is 15.7. The van der Waals surface area contributed by atoms with Gasteiger partial charge in [-0.05, 0) is 43.3 Å². The Labute approximate surface area is 159 Å². The molecule has 0 saturated carbocycles. The number of rotatable bonds is 3. The molecule has 0 aliphatic carbocycles. The Balaban J connectivity index is 1.70. The lowest BCUT2D eigenvalue weighted by Gasteiger charge is -2.13. The van der Waals surface area contributed by atoms with Crippen molar-refractivity contribution in [1.82, 2.24) is 0 Å². The van der Waals surface area contributed by atoms with Crippen molar-refractivity contribution in [1.29, 1.82) is 0 Å². The van der Waals surface area contributed by atoms with E-state index in [4.69, 9.17) is 4.42 Å². The summed E-state index contributed by atoms with van der Waals surface area (Å²) in [5.41, 5.74) is 1.74. The van der Waals surface area contributed by atoms with Crippen LogP contribution >= 0.6 is 0 Å². The van der Waals surface area contributed by atoms with Crippen LogP contribution in [0.25, 0.3) is 23.0 Å². The molecule has 0 spiro atoms. The van der Waals surface area contributed by atoms with Crippen molar-refractivity contribution in [2.45, 2.75) is 13.1 Å². The summed E-state index contributed by atoms with van der Waals surface area (Å²) in [6.45, 7) is 2.44. The molecule has 3 nitrogen and oxygen atoms in total. The number of carbonyl (C=O) groups excluding carboxylic acids is 1. The SMILES string of the molecule is CCN1C(=O)/C(=C\c2ccc(-c3cccc(C(F)(F)F)c3)o2)c2ccccc21. The van der Waals surface area contributed by atoms with E-state index in [2.05, 4.69) is 0 Å². The number of hydrogen-bond acceptors (Lipinski definition) is 2. The highest BCUT2D eigenvalue weighted by atomic mass is 19.4. The number of furan rings is 1. The van der Waals surface area contributed by atoms with E-state index in [1.165, 1.54) is 6.07 Å². The summed E-state index contributed by atoms with van der Waals surface area (Å²) in [4.78, 5) is 14.4. The average Bonchev–Trinajstić information content (AvgIpc) is 3.25. The molecule has 4 rings (SSSR count). The topological polar surface area (TPSA) is 33.5 Å². The Hall–Kier alpha value is -3.28. The van der Waals surface area contributed by atoms with Crippen molar-refractivity contribution in [3.63, 3.8) is 0 Å². The number of carbonyl (C=O) groups is 1. The fourth-order valence-electron chi connectivity index (χ4n) is 3.34. The number of likely N-dealkylation sites (N-methyl/N-ethyl adjacent to an activating group) is 1. The maximum absolute atomic E-state index is 12.9. The van der Waals surface area contributed by atoms with Crippen LogP contribution in [0.3, 0.4) is 0 Å². The largest absolute Gasteiger partial charge is 0.457 e. The molecule has 0 atom stereocenters. The number of benzene rings is 2. The highest BCUT2D eigenvalue weighted by Gasteiger charge is 2.32.